The first-order valence-corrected chi connectivity index (χ1v) is 13.0. The topological polar surface area (TPSA) is 151 Å². The molecule has 0 radical (unpaired) electrons. The van der Waals surface area contributed by atoms with Gasteiger partial charge in [0.25, 0.3) is 0 Å². The standard InChI is InChI=1S/C19H25N7S.2C2HF3O2/c20-14-5-8-24(11-14)12-15-13-26(23-22-15)16-6-9-25(10-7-16)19-21-17-3-1-2-4-18(17)27-19;2*3-2(4,5)1(6)7/h1-4,13-14,16H,5-12,20H2;2*(H,6,7)/t14-;;/m1../s1. The van der Waals surface area contributed by atoms with Crippen molar-refractivity contribution in [1.82, 2.24) is 24.9 Å². The van der Waals surface area contributed by atoms with E-state index in [9.17, 15) is 26.3 Å². The Morgan fingerprint density at radius 3 is 2.07 bits per heavy atom. The fourth-order valence-electron chi connectivity index (χ4n) is 4.12. The molecule has 5 rings (SSSR count). The number of hydrogen-bond acceptors (Lipinski definition) is 9. The number of carbonyl (C=O) groups is 2. The van der Waals surface area contributed by atoms with E-state index in [1.165, 1.54) is 4.70 Å². The molecule has 18 heteroatoms. The predicted molar refractivity (Wildman–Crippen MR) is 135 cm³/mol. The van der Waals surface area contributed by atoms with Gasteiger partial charge in [-0.15, -0.1) is 5.10 Å². The zero-order valence-corrected chi connectivity index (χ0v) is 22.2. The second-order valence-corrected chi connectivity index (χ2v) is 10.3. The highest BCUT2D eigenvalue weighted by Crippen LogP contribution is 2.32. The van der Waals surface area contributed by atoms with Crippen LogP contribution in [-0.2, 0) is 16.1 Å². The molecule has 1 aromatic carbocycles. The second-order valence-electron chi connectivity index (χ2n) is 9.26. The van der Waals surface area contributed by atoms with Crippen LogP contribution in [0.4, 0.5) is 31.5 Å². The molecule has 2 aliphatic rings. The minimum atomic E-state index is -5.08. The molecule has 0 amide bonds. The van der Waals surface area contributed by atoms with E-state index in [0.717, 1.165) is 68.3 Å². The van der Waals surface area contributed by atoms with E-state index in [0.29, 0.717) is 12.1 Å². The van der Waals surface area contributed by atoms with Crippen molar-refractivity contribution in [2.45, 2.75) is 50.2 Å². The maximum Gasteiger partial charge on any atom is 0.490 e. The van der Waals surface area contributed by atoms with Crippen LogP contribution in [0, 0.1) is 0 Å². The molecule has 11 nitrogen and oxygen atoms in total. The number of piperidine rings is 1. The number of alkyl halides is 6. The molecule has 0 saturated carbocycles. The number of thiazole rings is 1. The van der Waals surface area contributed by atoms with Crippen molar-refractivity contribution in [3.05, 3.63) is 36.2 Å². The third kappa shape index (κ3) is 9.53. The number of fused-ring (bicyclic) bond motifs is 1. The van der Waals surface area contributed by atoms with Crippen molar-refractivity contribution >= 4 is 38.6 Å². The SMILES string of the molecule is N[C@@H]1CCN(Cc2cn(C3CCN(c4nc5ccccc5s4)CC3)nn2)C1.O=C(O)C(F)(F)F.O=C(O)C(F)(F)F. The van der Waals surface area contributed by atoms with Crippen LogP contribution in [0.25, 0.3) is 10.2 Å². The molecule has 0 bridgehead atoms. The molecule has 4 heterocycles. The molecule has 2 aromatic heterocycles. The van der Waals surface area contributed by atoms with Crippen molar-refractivity contribution in [2.24, 2.45) is 5.73 Å². The molecule has 2 aliphatic heterocycles. The maximum atomic E-state index is 10.6. The Hall–Kier alpha value is -3.51. The number of likely N-dealkylation sites (tertiary alicyclic amines) is 1. The van der Waals surface area contributed by atoms with E-state index in [4.69, 9.17) is 30.5 Å². The van der Waals surface area contributed by atoms with Gasteiger partial charge in [0.05, 0.1) is 28.1 Å². The molecule has 4 N–H and O–H groups in total. The van der Waals surface area contributed by atoms with E-state index in [-0.39, 0.29) is 0 Å². The number of aromatic nitrogens is 4. The van der Waals surface area contributed by atoms with Crippen LogP contribution in [0.1, 0.15) is 31.0 Å². The quantitative estimate of drug-likeness (QED) is 0.374. The van der Waals surface area contributed by atoms with Gasteiger partial charge in [-0.25, -0.2) is 19.3 Å². The highest BCUT2D eigenvalue weighted by Gasteiger charge is 2.39. The van der Waals surface area contributed by atoms with Crippen LogP contribution in [0.2, 0.25) is 0 Å². The third-order valence-electron chi connectivity index (χ3n) is 6.13. The van der Waals surface area contributed by atoms with Gasteiger partial charge < -0.3 is 20.8 Å². The number of nitrogens with two attached hydrogens (primary N) is 1. The van der Waals surface area contributed by atoms with Crippen LogP contribution in [0.3, 0.4) is 0 Å². The van der Waals surface area contributed by atoms with Crippen molar-refractivity contribution in [3.63, 3.8) is 0 Å². The van der Waals surface area contributed by atoms with Crippen LogP contribution in [0.15, 0.2) is 30.5 Å². The van der Waals surface area contributed by atoms with E-state index in [1.807, 2.05) is 0 Å². The van der Waals surface area contributed by atoms with Crippen molar-refractivity contribution in [2.75, 3.05) is 31.1 Å². The first-order valence-electron chi connectivity index (χ1n) is 12.2. The zero-order valence-electron chi connectivity index (χ0n) is 21.3. The summed E-state index contributed by atoms with van der Waals surface area (Å²) in [4.78, 5) is 27.4. The number of hydrogen-bond donors (Lipinski definition) is 3. The van der Waals surface area contributed by atoms with Gasteiger partial charge in [-0.1, -0.05) is 28.7 Å². The van der Waals surface area contributed by atoms with Crippen molar-refractivity contribution in [3.8, 4) is 0 Å². The molecular weight excluding hydrogens is 584 g/mol. The van der Waals surface area contributed by atoms with Gasteiger partial charge in [0.15, 0.2) is 5.13 Å². The van der Waals surface area contributed by atoms with Crippen LogP contribution in [0.5, 0.6) is 0 Å². The smallest absolute Gasteiger partial charge is 0.475 e. The van der Waals surface area contributed by atoms with Gasteiger partial charge in [0.2, 0.25) is 0 Å². The Morgan fingerprint density at radius 2 is 1.56 bits per heavy atom. The number of nitrogens with zero attached hydrogens (tertiary/aromatic N) is 6. The number of rotatable bonds is 4. The summed E-state index contributed by atoms with van der Waals surface area (Å²) in [6, 6.07) is 9.11. The molecule has 3 aromatic rings. The molecule has 41 heavy (non-hydrogen) atoms. The molecule has 2 fully saturated rings. The average molecular weight is 612 g/mol. The molecule has 0 unspecified atom stereocenters. The zero-order chi connectivity index (χ0) is 30.4. The number of carboxylic acid groups (broad SMARTS) is 2. The number of carboxylic acids is 2. The minimum Gasteiger partial charge on any atom is -0.475 e. The largest absolute Gasteiger partial charge is 0.490 e. The van der Waals surface area contributed by atoms with Crippen LogP contribution >= 0.6 is 11.3 Å². The monoisotopic (exact) mass is 611 g/mol. The minimum absolute atomic E-state index is 0.312. The summed E-state index contributed by atoms with van der Waals surface area (Å²) in [7, 11) is 0. The normalized spacial score (nSPS) is 18.4. The first-order chi connectivity index (χ1) is 19.1. The van der Waals surface area contributed by atoms with Crippen LogP contribution < -0.4 is 10.6 Å². The first kappa shape index (κ1) is 32.0. The van der Waals surface area contributed by atoms with Gasteiger partial charge in [-0.05, 0) is 31.4 Å². The van der Waals surface area contributed by atoms with Gasteiger partial charge >= 0.3 is 24.3 Å². The number of aliphatic carboxylic acids is 2. The Morgan fingerprint density at radius 1 is 0.976 bits per heavy atom. The van der Waals surface area contributed by atoms with E-state index >= 15 is 0 Å². The van der Waals surface area contributed by atoms with Gasteiger partial charge in [0.1, 0.15) is 0 Å². The van der Waals surface area contributed by atoms with Crippen molar-refractivity contribution in [1.29, 1.82) is 0 Å². The third-order valence-corrected chi connectivity index (χ3v) is 7.23. The Kier molecular flexibility index (Phi) is 10.5. The summed E-state index contributed by atoms with van der Waals surface area (Å²) in [5, 5.41) is 24.2. The summed E-state index contributed by atoms with van der Waals surface area (Å²) in [6.45, 7) is 4.92. The fourth-order valence-corrected chi connectivity index (χ4v) is 5.13. The molecule has 2 saturated heterocycles. The molecular formula is C23H27F6N7O4S. The summed E-state index contributed by atoms with van der Waals surface area (Å²) >= 11 is 1.79. The lowest BCUT2D eigenvalue weighted by molar-refractivity contribution is -0.193. The summed E-state index contributed by atoms with van der Waals surface area (Å²) in [5.41, 5.74) is 8.15. The summed E-state index contributed by atoms with van der Waals surface area (Å²) in [6.07, 6.45) is -4.80. The second kappa shape index (κ2) is 13.4. The number of halogens is 6. The van der Waals surface area contributed by atoms with Gasteiger partial charge in [-0.3, -0.25) is 4.90 Å². The number of benzene rings is 1. The lowest BCUT2D eigenvalue weighted by Gasteiger charge is -2.31. The number of anilines is 1. The molecule has 0 spiro atoms. The maximum absolute atomic E-state index is 10.6. The van der Waals surface area contributed by atoms with E-state index < -0.39 is 24.3 Å². The molecule has 1 atom stereocenters. The Balaban J connectivity index is 0.000000276. The molecule has 0 aliphatic carbocycles. The number of para-hydroxylation sites is 1. The fraction of sp³-hybridized carbons (Fsp3) is 0.522. The highest BCUT2D eigenvalue weighted by molar-refractivity contribution is 7.22. The van der Waals surface area contributed by atoms with Crippen molar-refractivity contribution < 1.29 is 46.1 Å². The van der Waals surface area contributed by atoms with Crippen LogP contribution in [-0.4, -0.2) is 91.6 Å². The summed E-state index contributed by atoms with van der Waals surface area (Å²) in [5.74, 6) is -5.51. The lowest BCUT2D eigenvalue weighted by atomic mass is 10.1. The lowest BCUT2D eigenvalue weighted by Crippen LogP contribution is -2.34. The van der Waals surface area contributed by atoms with E-state index in [1.54, 1.807) is 11.3 Å². The average Bonchev–Trinajstić information content (AvgIpc) is 3.64. The van der Waals surface area contributed by atoms with E-state index in [2.05, 4.69) is 55.3 Å². The van der Waals surface area contributed by atoms with Gasteiger partial charge in [0, 0.05) is 38.8 Å². The Labute approximate surface area is 233 Å². The predicted octanol–water partition coefficient (Wildman–Crippen LogP) is 3.53. The molecule has 226 valence electrons. The Bertz CT molecular complexity index is 1250. The summed E-state index contributed by atoms with van der Waals surface area (Å²) < 4.78 is 66.8. The van der Waals surface area contributed by atoms with Gasteiger partial charge in [-0.2, -0.15) is 26.3 Å². The highest BCUT2D eigenvalue weighted by atomic mass is 32.1.